The van der Waals surface area contributed by atoms with Crippen LogP contribution in [0.1, 0.15) is 12.0 Å². The molecule has 0 spiro atoms. The summed E-state index contributed by atoms with van der Waals surface area (Å²) >= 11 is 5.87. The monoisotopic (exact) mass is 257 g/mol. The molecule has 3 nitrogen and oxygen atoms in total. The molecule has 17 heavy (non-hydrogen) atoms. The number of hydrogen-bond donors (Lipinski definition) is 1. The van der Waals surface area contributed by atoms with Gasteiger partial charge in [0.25, 0.3) is 0 Å². The largest absolute Gasteiger partial charge is 0.493 e. The fraction of sp³-hybridized carbons (Fsp3) is 0.538. The van der Waals surface area contributed by atoms with Crippen molar-refractivity contribution in [1.82, 2.24) is 5.32 Å². The van der Waals surface area contributed by atoms with Gasteiger partial charge in [-0.15, -0.1) is 0 Å². The smallest absolute Gasteiger partial charge is 0.122 e. The maximum absolute atomic E-state index is 5.87. The topological polar surface area (TPSA) is 30.5 Å². The first kappa shape index (κ1) is 14.3. The second kappa shape index (κ2) is 8.34. The Kier molecular flexibility index (Phi) is 7.01. The first-order valence-corrected chi connectivity index (χ1v) is 6.23. The Morgan fingerprint density at radius 1 is 1.24 bits per heavy atom. The van der Waals surface area contributed by atoms with Crippen LogP contribution < -0.4 is 10.1 Å². The molecule has 1 aromatic carbocycles. The van der Waals surface area contributed by atoms with Gasteiger partial charge in [0.1, 0.15) is 5.75 Å². The van der Waals surface area contributed by atoms with Crippen LogP contribution in [-0.2, 0) is 4.74 Å². The highest BCUT2D eigenvalue weighted by atomic mass is 35.5. The van der Waals surface area contributed by atoms with Gasteiger partial charge >= 0.3 is 0 Å². The molecular formula is C13H20ClNO2. The average molecular weight is 258 g/mol. The summed E-state index contributed by atoms with van der Waals surface area (Å²) in [5, 5.41) is 3.77. The maximum Gasteiger partial charge on any atom is 0.122 e. The summed E-state index contributed by atoms with van der Waals surface area (Å²) in [7, 11) is 1.91. The lowest BCUT2D eigenvalue weighted by molar-refractivity contribution is 0.122. The predicted molar refractivity (Wildman–Crippen MR) is 71.0 cm³/mol. The van der Waals surface area contributed by atoms with Crippen molar-refractivity contribution in [2.24, 2.45) is 0 Å². The van der Waals surface area contributed by atoms with Crippen LogP contribution in [0.25, 0.3) is 0 Å². The third kappa shape index (κ3) is 5.91. The Bertz CT molecular complexity index is 331. The van der Waals surface area contributed by atoms with E-state index in [9.17, 15) is 0 Å². The van der Waals surface area contributed by atoms with Crippen LogP contribution in [0.5, 0.6) is 5.75 Å². The highest BCUT2D eigenvalue weighted by Crippen LogP contribution is 2.21. The van der Waals surface area contributed by atoms with Gasteiger partial charge in [-0.05, 0) is 37.7 Å². The molecule has 0 fully saturated rings. The maximum atomic E-state index is 5.87. The summed E-state index contributed by atoms with van der Waals surface area (Å²) in [5.41, 5.74) is 1.06. The van der Waals surface area contributed by atoms with Crippen molar-refractivity contribution in [3.05, 3.63) is 28.8 Å². The lowest BCUT2D eigenvalue weighted by Gasteiger charge is -2.09. The lowest BCUT2D eigenvalue weighted by atomic mass is 10.2. The number of likely N-dealkylation sites (N-methyl/N-ethyl adjacent to an activating group) is 1. The summed E-state index contributed by atoms with van der Waals surface area (Å²) in [6, 6.07) is 5.65. The molecular weight excluding hydrogens is 238 g/mol. The second-order valence-electron chi connectivity index (χ2n) is 3.83. The number of rotatable bonds is 8. The Labute approximate surface area is 108 Å². The molecule has 4 heteroatoms. The number of hydrogen-bond acceptors (Lipinski definition) is 3. The number of benzene rings is 1. The number of aryl methyl sites for hydroxylation is 1. The molecule has 0 aliphatic carbocycles. The van der Waals surface area contributed by atoms with Crippen LogP contribution >= 0.6 is 11.6 Å². The molecule has 0 amide bonds. The van der Waals surface area contributed by atoms with E-state index in [1.807, 2.05) is 32.2 Å². The zero-order valence-electron chi connectivity index (χ0n) is 10.5. The standard InChI is InChI=1S/C13H20ClNO2/c1-11-10-12(14)4-5-13(11)17-8-3-7-16-9-6-15-2/h4-5,10,15H,3,6-9H2,1-2H3. The van der Waals surface area contributed by atoms with Crippen molar-refractivity contribution < 1.29 is 9.47 Å². The van der Waals surface area contributed by atoms with Crippen molar-refractivity contribution >= 4 is 11.6 Å². The molecule has 0 bridgehead atoms. The van der Waals surface area contributed by atoms with Gasteiger partial charge in [-0.2, -0.15) is 0 Å². The molecule has 96 valence electrons. The first-order chi connectivity index (χ1) is 8.24. The van der Waals surface area contributed by atoms with Gasteiger partial charge < -0.3 is 14.8 Å². The number of nitrogens with one attached hydrogen (secondary N) is 1. The molecule has 0 aliphatic rings. The fourth-order valence-corrected chi connectivity index (χ4v) is 1.62. The first-order valence-electron chi connectivity index (χ1n) is 5.85. The highest BCUT2D eigenvalue weighted by molar-refractivity contribution is 6.30. The van der Waals surface area contributed by atoms with Gasteiger partial charge in [0, 0.05) is 24.6 Å². The van der Waals surface area contributed by atoms with E-state index in [0.29, 0.717) is 6.61 Å². The summed E-state index contributed by atoms with van der Waals surface area (Å²) in [6.07, 6.45) is 0.895. The molecule has 0 saturated carbocycles. The van der Waals surface area contributed by atoms with E-state index in [1.165, 1.54) is 0 Å². The summed E-state index contributed by atoms with van der Waals surface area (Å²) in [5.74, 6) is 0.893. The average Bonchev–Trinajstić information content (AvgIpc) is 2.30. The van der Waals surface area contributed by atoms with E-state index in [1.54, 1.807) is 0 Å². The normalized spacial score (nSPS) is 10.5. The van der Waals surface area contributed by atoms with Crippen molar-refractivity contribution in [2.45, 2.75) is 13.3 Å². The Morgan fingerprint density at radius 2 is 2.06 bits per heavy atom. The Hall–Kier alpha value is -0.770. The Morgan fingerprint density at radius 3 is 2.76 bits per heavy atom. The van der Waals surface area contributed by atoms with Crippen molar-refractivity contribution in [3.63, 3.8) is 0 Å². The quantitative estimate of drug-likeness (QED) is 0.727. The minimum Gasteiger partial charge on any atom is -0.493 e. The Balaban J connectivity index is 2.14. The van der Waals surface area contributed by atoms with Crippen molar-refractivity contribution in [2.75, 3.05) is 33.4 Å². The van der Waals surface area contributed by atoms with Gasteiger partial charge in [-0.25, -0.2) is 0 Å². The molecule has 0 saturated heterocycles. The molecule has 1 aromatic rings. The molecule has 1 rings (SSSR count). The van der Waals surface area contributed by atoms with Crippen molar-refractivity contribution in [3.8, 4) is 5.75 Å². The third-order valence-corrected chi connectivity index (χ3v) is 2.56. The van der Waals surface area contributed by atoms with Gasteiger partial charge in [0.15, 0.2) is 0 Å². The zero-order chi connectivity index (χ0) is 12.5. The lowest BCUT2D eigenvalue weighted by Crippen LogP contribution is -2.15. The highest BCUT2D eigenvalue weighted by Gasteiger charge is 1.99. The zero-order valence-corrected chi connectivity index (χ0v) is 11.2. The molecule has 0 heterocycles. The van der Waals surface area contributed by atoms with Crippen LogP contribution in [0, 0.1) is 6.92 Å². The molecule has 0 aromatic heterocycles. The van der Waals surface area contributed by atoms with Gasteiger partial charge in [0.2, 0.25) is 0 Å². The van der Waals surface area contributed by atoms with Crippen LogP contribution in [0.2, 0.25) is 5.02 Å². The second-order valence-corrected chi connectivity index (χ2v) is 4.26. The summed E-state index contributed by atoms with van der Waals surface area (Å²) < 4.78 is 11.0. The fourth-order valence-electron chi connectivity index (χ4n) is 1.39. The van der Waals surface area contributed by atoms with Gasteiger partial charge in [0.05, 0.1) is 13.2 Å². The van der Waals surface area contributed by atoms with Crippen LogP contribution in [0.15, 0.2) is 18.2 Å². The van der Waals surface area contributed by atoms with E-state index in [-0.39, 0.29) is 0 Å². The molecule has 0 aliphatic heterocycles. The van der Waals surface area contributed by atoms with E-state index >= 15 is 0 Å². The number of halogens is 1. The number of ether oxygens (including phenoxy) is 2. The van der Waals surface area contributed by atoms with E-state index < -0.39 is 0 Å². The molecule has 0 atom stereocenters. The predicted octanol–water partition coefficient (Wildman–Crippen LogP) is 2.65. The summed E-state index contributed by atoms with van der Waals surface area (Å²) in [6.45, 7) is 5.02. The van der Waals surface area contributed by atoms with Gasteiger partial charge in [-0.1, -0.05) is 11.6 Å². The molecule has 0 radical (unpaired) electrons. The van der Waals surface area contributed by atoms with Crippen LogP contribution in [0.4, 0.5) is 0 Å². The van der Waals surface area contributed by atoms with Crippen LogP contribution in [0.3, 0.4) is 0 Å². The van der Waals surface area contributed by atoms with Crippen LogP contribution in [-0.4, -0.2) is 33.4 Å². The summed E-state index contributed by atoms with van der Waals surface area (Å²) in [4.78, 5) is 0. The molecule has 1 N–H and O–H groups in total. The van der Waals surface area contributed by atoms with E-state index in [2.05, 4.69) is 5.32 Å². The van der Waals surface area contributed by atoms with E-state index in [0.717, 1.165) is 42.5 Å². The van der Waals surface area contributed by atoms with Gasteiger partial charge in [-0.3, -0.25) is 0 Å². The van der Waals surface area contributed by atoms with E-state index in [4.69, 9.17) is 21.1 Å². The molecule has 0 unspecified atom stereocenters. The minimum atomic E-state index is 0.669. The minimum absolute atomic E-state index is 0.669. The SMILES string of the molecule is CNCCOCCCOc1ccc(Cl)cc1C. The third-order valence-electron chi connectivity index (χ3n) is 2.32. The van der Waals surface area contributed by atoms with Crippen molar-refractivity contribution in [1.29, 1.82) is 0 Å².